The summed E-state index contributed by atoms with van der Waals surface area (Å²) in [5.74, 6) is -0.621. The molecular weight excluding hydrogens is 616 g/mol. The van der Waals surface area contributed by atoms with Gasteiger partial charge in [0, 0.05) is 24.2 Å². The van der Waals surface area contributed by atoms with Crippen LogP contribution in [0.2, 0.25) is 0 Å². The number of rotatable bonds is 14. The number of nitrogens with one attached hydrogen (secondary N) is 2. The zero-order valence-electron chi connectivity index (χ0n) is 26.0. The lowest BCUT2D eigenvalue weighted by atomic mass is 9.90. The first-order valence-electron chi connectivity index (χ1n) is 15.9. The highest BCUT2D eigenvalue weighted by molar-refractivity contribution is 5.94. The fourth-order valence-corrected chi connectivity index (χ4v) is 5.86. The molecule has 2 amide bonds. The largest absolute Gasteiger partial charge is 0.394 e. The minimum absolute atomic E-state index is 0.310. The van der Waals surface area contributed by atoms with Gasteiger partial charge in [0.25, 0.3) is 11.8 Å². The summed E-state index contributed by atoms with van der Waals surface area (Å²) in [6.07, 6.45) is -8.84. The van der Waals surface area contributed by atoms with Crippen LogP contribution in [0.4, 0.5) is 0 Å². The molecule has 0 saturated carbocycles. The van der Waals surface area contributed by atoms with E-state index in [0.717, 1.165) is 32.1 Å². The molecule has 0 spiro atoms. The Morgan fingerprint density at radius 1 is 0.553 bits per heavy atom. The molecular formula is C33H46N2O12. The third-order valence-corrected chi connectivity index (χ3v) is 8.66. The summed E-state index contributed by atoms with van der Waals surface area (Å²) in [7, 11) is 0. The van der Waals surface area contributed by atoms with Gasteiger partial charge in [0.15, 0.2) is 0 Å². The van der Waals surface area contributed by atoms with Crippen molar-refractivity contribution >= 4 is 11.8 Å². The van der Waals surface area contributed by atoms with E-state index in [1.807, 2.05) is 0 Å². The van der Waals surface area contributed by atoms with Crippen molar-refractivity contribution in [3.63, 3.8) is 0 Å². The molecule has 10 atom stereocenters. The van der Waals surface area contributed by atoms with Gasteiger partial charge in [-0.15, -0.1) is 0 Å². The summed E-state index contributed by atoms with van der Waals surface area (Å²) >= 11 is 0. The van der Waals surface area contributed by atoms with Crippen LogP contribution in [0.1, 0.15) is 76.2 Å². The van der Waals surface area contributed by atoms with E-state index in [9.17, 15) is 50.4 Å². The molecule has 10 unspecified atom stereocenters. The number of ether oxygens (including phenoxy) is 2. The molecule has 2 aromatic rings. The fraction of sp³-hybridized carbons (Fsp3) is 0.576. The molecule has 2 heterocycles. The highest BCUT2D eigenvalue weighted by atomic mass is 16.6. The first-order chi connectivity index (χ1) is 22.6. The lowest BCUT2D eigenvalue weighted by Gasteiger charge is -2.40. The van der Waals surface area contributed by atoms with Crippen LogP contribution >= 0.6 is 0 Å². The minimum atomic E-state index is -1.51. The number of hydrogen-bond acceptors (Lipinski definition) is 12. The number of carbonyl (C=O) groups is 2. The lowest BCUT2D eigenvalue weighted by molar-refractivity contribution is -0.231. The van der Waals surface area contributed by atoms with Gasteiger partial charge in [0.2, 0.25) is 0 Å². The third kappa shape index (κ3) is 9.12. The summed E-state index contributed by atoms with van der Waals surface area (Å²) in [4.78, 5) is 25.4. The topological polar surface area (TPSA) is 238 Å². The molecule has 260 valence electrons. The maximum absolute atomic E-state index is 12.7. The predicted molar refractivity (Wildman–Crippen MR) is 166 cm³/mol. The number of carbonyl (C=O) groups excluding carboxylic acids is 2. The zero-order valence-corrected chi connectivity index (χ0v) is 26.0. The molecule has 0 aliphatic carbocycles. The summed E-state index contributed by atoms with van der Waals surface area (Å²) < 4.78 is 11.2. The summed E-state index contributed by atoms with van der Waals surface area (Å²) in [6.45, 7) is -0.182. The van der Waals surface area contributed by atoms with Crippen LogP contribution < -0.4 is 10.6 Å². The summed E-state index contributed by atoms with van der Waals surface area (Å²) in [5, 5.41) is 85.5. The van der Waals surface area contributed by atoms with E-state index in [-0.39, 0.29) is 11.8 Å². The Labute approximate surface area is 272 Å². The average molecular weight is 663 g/mol. The van der Waals surface area contributed by atoms with E-state index >= 15 is 0 Å². The highest BCUT2D eigenvalue weighted by Gasteiger charge is 2.45. The Morgan fingerprint density at radius 2 is 0.936 bits per heavy atom. The van der Waals surface area contributed by atoms with Crippen LogP contribution in [0.25, 0.3) is 0 Å². The van der Waals surface area contributed by atoms with E-state index in [0.29, 0.717) is 35.3 Å². The van der Waals surface area contributed by atoms with E-state index in [4.69, 9.17) is 9.47 Å². The first kappa shape index (κ1) is 36.8. The van der Waals surface area contributed by atoms with Crippen molar-refractivity contribution in [2.75, 3.05) is 26.3 Å². The first-order valence-corrected chi connectivity index (χ1v) is 15.9. The second kappa shape index (κ2) is 17.4. The predicted octanol–water partition coefficient (Wildman–Crippen LogP) is -1.17. The van der Waals surface area contributed by atoms with Crippen LogP contribution in [0, 0.1) is 0 Å². The maximum atomic E-state index is 12.7. The number of benzene rings is 2. The van der Waals surface area contributed by atoms with E-state index < -0.39 is 74.3 Å². The van der Waals surface area contributed by atoms with Crippen molar-refractivity contribution in [2.24, 2.45) is 0 Å². The van der Waals surface area contributed by atoms with Crippen molar-refractivity contribution in [1.82, 2.24) is 10.6 Å². The zero-order chi connectivity index (χ0) is 34.1. The Kier molecular flexibility index (Phi) is 13.6. The molecule has 0 aromatic heterocycles. The number of amides is 2. The molecule has 2 saturated heterocycles. The maximum Gasteiger partial charge on any atom is 0.251 e. The molecule has 4 rings (SSSR count). The van der Waals surface area contributed by atoms with Crippen LogP contribution in [0.15, 0.2) is 48.5 Å². The van der Waals surface area contributed by atoms with Gasteiger partial charge >= 0.3 is 0 Å². The van der Waals surface area contributed by atoms with Crippen molar-refractivity contribution in [3.8, 4) is 0 Å². The standard InChI is InChI=1S/C33H46N2O12/c36-16-22-24(38)26(40)28(42)30(46-22)18-8-6-10-20(14-18)32(44)34-12-4-2-1-3-5-13-35-33(45)21-11-7-9-19(15-21)31-29(43)27(41)25(39)23(17-37)47-31/h6-11,14-15,22-31,36-43H,1-5,12-13,16-17H2,(H,34,44)(H,35,45). The molecule has 14 nitrogen and oxygen atoms in total. The lowest BCUT2D eigenvalue weighted by Crippen LogP contribution is -2.55. The number of aliphatic hydroxyl groups excluding tert-OH is 8. The van der Waals surface area contributed by atoms with Crippen LogP contribution in [0.3, 0.4) is 0 Å². The van der Waals surface area contributed by atoms with Crippen LogP contribution in [0.5, 0.6) is 0 Å². The van der Waals surface area contributed by atoms with E-state index in [1.165, 1.54) is 0 Å². The SMILES string of the molecule is O=C(NCCCCCCCNC(=O)c1cccc(C2OC(CO)C(O)C(O)C2O)c1)c1cccc(C2OC(CO)C(O)C(O)C2O)c1. The molecule has 0 radical (unpaired) electrons. The van der Waals surface area contributed by atoms with Crippen molar-refractivity contribution in [1.29, 1.82) is 0 Å². The van der Waals surface area contributed by atoms with Gasteiger partial charge in [-0.25, -0.2) is 0 Å². The van der Waals surface area contributed by atoms with Gasteiger partial charge in [0.05, 0.1) is 13.2 Å². The van der Waals surface area contributed by atoms with Crippen LogP contribution in [-0.2, 0) is 9.47 Å². The number of unbranched alkanes of at least 4 members (excludes halogenated alkanes) is 4. The molecule has 2 aromatic carbocycles. The van der Waals surface area contributed by atoms with Gasteiger partial charge in [-0.1, -0.05) is 43.5 Å². The molecule has 47 heavy (non-hydrogen) atoms. The van der Waals surface area contributed by atoms with Gasteiger partial charge in [-0.05, 0) is 48.2 Å². The van der Waals surface area contributed by atoms with E-state index in [1.54, 1.807) is 48.5 Å². The molecule has 10 N–H and O–H groups in total. The second-order valence-electron chi connectivity index (χ2n) is 12.0. The van der Waals surface area contributed by atoms with Gasteiger partial charge in [-0.3, -0.25) is 9.59 Å². The molecule has 14 heteroatoms. The van der Waals surface area contributed by atoms with Crippen molar-refractivity contribution in [3.05, 3.63) is 70.8 Å². The fourth-order valence-electron chi connectivity index (χ4n) is 5.86. The number of aliphatic hydroxyl groups is 8. The molecule has 2 aliphatic rings. The van der Waals surface area contributed by atoms with Crippen molar-refractivity contribution in [2.45, 2.75) is 93.1 Å². The molecule has 2 aliphatic heterocycles. The Balaban J connectivity index is 1.13. The minimum Gasteiger partial charge on any atom is -0.394 e. The van der Waals surface area contributed by atoms with Crippen molar-refractivity contribution < 1.29 is 59.9 Å². The Morgan fingerprint density at radius 3 is 1.32 bits per heavy atom. The smallest absolute Gasteiger partial charge is 0.251 e. The summed E-state index contributed by atoms with van der Waals surface area (Å²) in [5.41, 5.74) is 1.55. The molecule has 2 fully saturated rings. The highest BCUT2D eigenvalue weighted by Crippen LogP contribution is 2.34. The van der Waals surface area contributed by atoms with Crippen LogP contribution in [-0.4, -0.2) is 128 Å². The van der Waals surface area contributed by atoms with Gasteiger partial charge < -0.3 is 61.0 Å². The van der Waals surface area contributed by atoms with Gasteiger partial charge in [0.1, 0.15) is 61.0 Å². The second-order valence-corrected chi connectivity index (χ2v) is 12.0. The Hall–Kier alpha value is -3.02. The summed E-state index contributed by atoms with van der Waals surface area (Å²) in [6, 6.07) is 12.8. The number of hydrogen-bond donors (Lipinski definition) is 10. The third-order valence-electron chi connectivity index (χ3n) is 8.66. The molecule has 0 bridgehead atoms. The normalized spacial score (nSPS) is 30.9. The average Bonchev–Trinajstić information content (AvgIpc) is 3.09. The van der Waals surface area contributed by atoms with E-state index in [2.05, 4.69) is 10.6 Å². The quantitative estimate of drug-likeness (QED) is 0.108. The Bertz CT molecular complexity index is 1210. The monoisotopic (exact) mass is 662 g/mol. The van der Waals surface area contributed by atoms with Gasteiger partial charge in [-0.2, -0.15) is 0 Å².